The number of rotatable bonds is 11. The maximum absolute atomic E-state index is 15.8. The zero-order valence-electron chi connectivity index (χ0n) is 29.8. The molecule has 8 rings (SSSR count). The third-order valence-corrected chi connectivity index (χ3v) is 9.28. The van der Waals surface area contributed by atoms with E-state index in [2.05, 4.69) is 40.1 Å². The van der Waals surface area contributed by atoms with Crippen LogP contribution in [0.4, 0.5) is 17.6 Å². The molecule has 0 aliphatic heterocycles. The summed E-state index contributed by atoms with van der Waals surface area (Å²) >= 11 is 0. The number of benzene rings is 2. The van der Waals surface area contributed by atoms with Crippen molar-refractivity contribution in [3.63, 3.8) is 0 Å². The molecule has 0 saturated carbocycles. The molecule has 0 radical (unpaired) electrons. The number of fused-ring (bicyclic) bond motifs is 2. The molecule has 8 aromatic rings. The van der Waals surface area contributed by atoms with Crippen LogP contribution in [0.15, 0.2) is 85.5 Å². The van der Waals surface area contributed by atoms with Gasteiger partial charge in [0, 0.05) is 50.0 Å². The summed E-state index contributed by atoms with van der Waals surface area (Å²) in [6.07, 6.45) is 5.46. The molecule has 0 aliphatic carbocycles. The Morgan fingerprint density at radius 1 is 0.630 bits per heavy atom. The van der Waals surface area contributed by atoms with Gasteiger partial charge in [0.15, 0.2) is 22.9 Å². The molecule has 0 atom stereocenters. The van der Waals surface area contributed by atoms with E-state index in [1.54, 1.807) is 50.2 Å². The molecule has 0 unspecified atom stereocenters. The Hall–Kier alpha value is -6.32. The Balaban J connectivity index is 1.03. The van der Waals surface area contributed by atoms with Crippen molar-refractivity contribution in [2.24, 2.45) is 14.1 Å². The van der Waals surface area contributed by atoms with E-state index in [4.69, 9.17) is 0 Å². The monoisotopic (exact) mass is 734 g/mol. The van der Waals surface area contributed by atoms with Gasteiger partial charge < -0.3 is 9.13 Å². The van der Waals surface area contributed by atoms with E-state index in [-0.39, 0.29) is 30.1 Å². The highest BCUT2D eigenvalue weighted by molar-refractivity contribution is 5.59. The highest BCUT2D eigenvalue weighted by Gasteiger charge is 2.40. The van der Waals surface area contributed by atoms with E-state index in [0.717, 1.165) is 11.1 Å². The Morgan fingerprint density at radius 3 is 2.00 bits per heavy atom. The fraction of sp³-hybridized carbons (Fsp3) is 0.263. The van der Waals surface area contributed by atoms with Gasteiger partial charge in [0.1, 0.15) is 5.82 Å². The van der Waals surface area contributed by atoms with Crippen molar-refractivity contribution in [2.75, 3.05) is 0 Å². The van der Waals surface area contributed by atoms with Gasteiger partial charge in [-0.25, -0.2) is 29.0 Å². The second-order valence-corrected chi connectivity index (χ2v) is 13.3. The first-order chi connectivity index (χ1) is 25.9. The number of hydrogen-bond acceptors (Lipinski definition) is 8. The molecule has 0 spiro atoms. The molecule has 0 N–H and O–H groups in total. The van der Waals surface area contributed by atoms with E-state index >= 15 is 17.6 Å². The predicted octanol–water partition coefficient (Wildman–Crippen LogP) is 6.43. The quantitative estimate of drug-likeness (QED) is 0.139. The van der Waals surface area contributed by atoms with Crippen molar-refractivity contribution in [1.29, 1.82) is 0 Å². The van der Waals surface area contributed by atoms with E-state index in [1.165, 1.54) is 20.6 Å². The topological polar surface area (TPSA) is 122 Å². The van der Waals surface area contributed by atoms with Crippen LogP contribution in [0, 0.1) is 13.8 Å². The Bertz CT molecular complexity index is 2620. The molecule has 6 aromatic heterocycles. The van der Waals surface area contributed by atoms with Gasteiger partial charge in [-0.3, -0.25) is 9.97 Å². The van der Waals surface area contributed by atoms with Crippen LogP contribution < -0.4 is 0 Å². The van der Waals surface area contributed by atoms with Crippen LogP contribution in [0.1, 0.15) is 46.1 Å². The van der Waals surface area contributed by atoms with Crippen LogP contribution >= 0.6 is 0 Å². The van der Waals surface area contributed by atoms with Crippen LogP contribution in [0.5, 0.6) is 0 Å². The Kier molecular flexibility index (Phi) is 8.54. The summed E-state index contributed by atoms with van der Waals surface area (Å²) in [5.41, 5.74) is 5.12. The van der Waals surface area contributed by atoms with Crippen molar-refractivity contribution in [1.82, 2.24) is 58.3 Å². The van der Waals surface area contributed by atoms with Crippen molar-refractivity contribution >= 4 is 11.3 Å². The number of aromatic nitrogens is 12. The normalized spacial score (nSPS) is 12.4. The van der Waals surface area contributed by atoms with E-state index in [0.29, 0.717) is 39.8 Å². The van der Waals surface area contributed by atoms with Crippen molar-refractivity contribution in [2.45, 2.75) is 51.4 Å². The lowest BCUT2D eigenvalue weighted by molar-refractivity contribution is -0.0176. The van der Waals surface area contributed by atoms with Gasteiger partial charge in [-0.1, -0.05) is 60.7 Å². The first-order valence-corrected chi connectivity index (χ1v) is 17.2. The summed E-state index contributed by atoms with van der Waals surface area (Å²) in [6.45, 7) is 3.43. The van der Waals surface area contributed by atoms with Crippen LogP contribution in [-0.4, -0.2) is 58.3 Å². The first kappa shape index (κ1) is 34.7. The zero-order valence-corrected chi connectivity index (χ0v) is 29.8. The van der Waals surface area contributed by atoms with Crippen LogP contribution in [0.3, 0.4) is 0 Å². The lowest BCUT2D eigenvalue weighted by Gasteiger charge is -2.13. The minimum Gasteiger partial charge on any atom is -0.337 e. The fourth-order valence-electron chi connectivity index (χ4n) is 6.45. The summed E-state index contributed by atoms with van der Waals surface area (Å²) in [5.74, 6) is -7.75. The standard InChI is InChI=1S/C38H34F4N12/c1-23-19-44-28(34-48-35(50-53(23)34)37(39,40)18-32-45-29(21-51(32)3)25-11-7-5-8-12-25)16-15-27-20-43-24(2)33-47-31(49-54(27)33)17-38(41,42)36-46-30(22-52(36)4)26-13-9-6-10-14-26/h5-14,19-22H,15-18H2,1-4H3. The lowest BCUT2D eigenvalue weighted by atomic mass is 10.2. The lowest BCUT2D eigenvalue weighted by Crippen LogP contribution is -2.22. The average Bonchev–Trinajstić information content (AvgIpc) is 3.96. The number of halogens is 4. The second-order valence-electron chi connectivity index (χ2n) is 13.3. The minimum atomic E-state index is -3.44. The Morgan fingerprint density at radius 2 is 1.30 bits per heavy atom. The molecule has 0 fully saturated rings. The van der Waals surface area contributed by atoms with Gasteiger partial charge in [-0.15, -0.1) is 5.10 Å². The average molecular weight is 735 g/mol. The molecule has 12 nitrogen and oxygen atoms in total. The number of aryl methyl sites for hydroxylation is 6. The molecule has 16 heteroatoms. The molecular formula is C38H34F4N12. The summed E-state index contributed by atoms with van der Waals surface area (Å²) in [6, 6.07) is 18.4. The smallest absolute Gasteiger partial charge is 0.315 e. The minimum absolute atomic E-state index is 0.0783. The van der Waals surface area contributed by atoms with Crippen LogP contribution in [0.25, 0.3) is 33.8 Å². The number of hydrogen-bond donors (Lipinski definition) is 0. The molecule has 54 heavy (non-hydrogen) atoms. The summed E-state index contributed by atoms with van der Waals surface area (Å²) in [7, 11) is 3.21. The summed E-state index contributed by atoms with van der Waals surface area (Å²) in [5, 5.41) is 8.66. The largest absolute Gasteiger partial charge is 0.337 e. The van der Waals surface area contributed by atoms with Gasteiger partial charge in [-0.05, 0) is 26.7 Å². The van der Waals surface area contributed by atoms with Crippen molar-refractivity contribution < 1.29 is 17.6 Å². The highest BCUT2D eigenvalue weighted by atomic mass is 19.3. The van der Waals surface area contributed by atoms with Gasteiger partial charge in [0.05, 0.1) is 47.0 Å². The third kappa shape index (κ3) is 6.47. The first-order valence-electron chi connectivity index (χ1n) is 17.2. The van der Waals surface area contributed by atoms with Gasteiger partial charge in [-0.2, -0.15) is 22.7 Å². The van der Waals surface area contributed by atoms with E-state index in [9.17, 15) is 0 Å². The van der Waals surface area contributed by atoms with Crippen LogP contribution in [-0.2, 0) is 51.6 Å². The molecule has 0 aliphatic rings. The van der Waals surface area contributed by atoms with Crippen LogP contribution in [0.2, 0.25) is 0 Å². The third-order valence-electron chi connectivity index (χ3n) is 9.28. The van der Waals surface area contributed by atoms with E-state index < -0.39 is 36.3 Å². The molecule has 6 heterocycles. The summed E-state index contributed by atoms with van der Waals surface area (Å²) < 4.78 is 68.9. The van der Waals surface area contributed by atoms with Crippen molar-refractivity contribution in [3.8, 4) is 22.5 Å². The number of nitrogens with zero attached hydrogens (tertiary/aromatic N) is 12. The van der Waals surface area contributed by atoms with Gasteiger partial charge in [0.25, 0.3) is 0 Å². The molecular weight excluding hydrogens is 700 g/mol. The summed E-state index contributed by atoms with van der Waals surface area (Å²) in [4.78, 5) is 26.4. The van der Waals surface area contributed by atoms with Gasteiger partial charge in [0.2, 0.25) is 5.82 Å². The zero-order chi connectivity index (χ0) is 37.8. The Labute approximate surface area is 306 Å². The maximum Gasteiger partial charge on any atom is 0.315 e. The molecule has 2 aromatic carbocycles. The maximum atomic E-state index is 15.8. The number of imidazole rings is 2. The van der Waals surface area contributed by atoms with Crippen molar-refractivity contribution in [3.05, 3.63) is 132 Å². The fourth-order valence-corrected chi connectivity index (χ4v) is 6.45. The second kappa shape index (κ2) is 13.3. The molecule has 0 amide bonds. The van der Waals surface area contributed by atoms with Gasteiger partial charge >= 0.3 is 11.8 Å². The predicted molar refractivity (Wildman–Crippen MR) is 191 cm³/mol. The number of alkyl halides is 4. The van der Waals surface area contributed by atoms with E-state index in [1.807, 2.05) is 60.7 Å². The molecule has 274 valence electrons. The molecule has 0 saturated heterocycles. The highest BCUT2D eigenvalue weighted by Crippen LogP contribution is 2.34. The SMILES string of the molecule is Cc1ncc(CCc2ncc(C)n3nc(C(F)(F)Cc4nc(-c5ccccc5)cn4C)nc23)n2nc(CC(F)(F)c3nc(-c4ccccc4)cn3C)nc12. The molecule has 0 bridgehead atoms.